The summed E-state index contributed by atoms with van der Waals surface area (Å²) in [4.78, 5) is 25.3. The van der Waals surface area contributed by atoms with Gasteiger partial charge in [-0.05, 0) is 85.6 Å². The van der Waals surface area contributed by atoms with Crippen molar-refractivity contribution in [3.05, 3.63) is 78.1 Å². The van der Waals surface area contributed by atoms with Crippen molar-refractivity contribution < 1.29 is 18.9 Å². The van der Waals surface area contributed by atoms with E-state index in [2.05, 4.69) is 80.3 Å². The number of hydrogen-bond donors (Lipinski definition) is 1. The van der Waals surface area contributed by atoms with E-state index in [9.17, 15) is 4.79 Å². The molecule has 1 amide bonds. The molecule has 6 fully saturated rings. The molecule has 242 valence electrons. The van der Waals surface area contributed by atoms with Crippen molar-refractivity contribution >= 4 is 23.8 Å². The van der Waals surface area contributed by atoms with Gasteiger partial charge in [0.1, 0.15) is 5.69 Å². The summed E-state index contributed by atoms with van der Waals surface area (Å²) in [5, 5.41) is 7.35. The summed E-state index contributed by atoms with van der Waals surface area (Å²) in [5.41, 5.74) is 1.80. The highest BCUT2D eigenvalue weighted by atomic mass is 16.7. The highest BCUT2D eigenvalue weighted by molar-refractivity contribution is 6.47. The van der Waals surface area contributed by atoms with Crippen LogP contribution in [0.5, 0.6) is 0 Å². The van der Waals surface area contributed by atoms with E-state index >= 15 is 0 Å². The molecule has 2 saturated heterocycles. The van der Waals surface area contributed by atoms with Crippen LogP contribution in [0.3, 0.4) is 0 Å². The highest BCUT2D eigenvalue weighted by Crippen LogP contribution is 2.66. The number of carbonyl (C=O) groups is 1. The maximum atomic E-state index is 13.7. The molecule has 4 saturated carbocycles. The molecule has 6 aliphatic rings. The number of nitrogens with zero attached hydrogens (tertiary/aromatic N) is 2. The Morgan fingerprint density at radius 3 is 2.50 bits per heavy atom. The average molecular weight is 622 g/mol. The van der Waals surface area contributed by atoms with Crippen LogP contribution in [-0.4, -0.2) is 59.4 Å². The largest absolute Gasteiger partial charge is 0.478 e. The van der Waals surface area contributed by atoms with Crippen LogP contribution >= 0.6 is 0 Å². The van der Waals surface area contributed by atoms with Crippen molar-refractivity contribution in [2.75, 3.05) is 6.54 Å². The first kappa shape index (κ1) is 30.6. The predicted molar refractivity (Wildman–Crippen MR) is 180 cm³/mol. The van der Waals surface area contributed by atoms with E-state index in [1.54, 1.807) is 6.20 Å². The zero-order valence-electron chi connectivity index (χ0n) is 27.9. The van der Waals surface area contributed by atoms with Gasteiger partial charge in [-0.3, -0.25) is 14.6 Å². The van der Waals surface area contributed by atoms with Gasteiger partial charge in [0.2, 0.25) is 0 Å². The first-order chi connectivity index (χ1) is 22.1. The van der Waals surface area contributed by atoms with Crippen molar-refractivity contribution in [3.8, 4) is 0 Å². The zero-order valence-corrected chi connectivity index (χ0v) is 27.9. The van der Waals surface area contributed by atoms with Crippen LogP contribution in [0.25, 0.3) is 10.8 Å². The summed E-state index contributed by atoms with van der Waals surface area (Å²) in [5.74, 6) is 1.37. The molecule has 4 aliphatic carbocycles. The number of rotatable bonds is 9. The van der Waals surface area contributed by atoms with E-state index in [0.717, 1.165) is 42.9 Å². The number of fused-ring (bicyclic) bond motifs is 1. The summed E-state index contributed by atoms with van der Waals surface area (Å²) >= 11 is 0. The molecular weight excluding hydrogens is 573 g/mol. The van der Waals surface area contributed by atoms with Crippen molar-refractivity contribution in [3.63, 3.8) is 0 Å². The minimum atomic E-state index is -0.379. The molecule has 8 heteroatoms. The Morgan fingerprint density at radius 1 is 1.00 bits per heavy atom. The van der Waals surface area contributed by atoms with Crippen LogP contribution in [0, 0.1) is 23.2 Å². The number of hydroxylamine groups is 2. The average Bonchev–Trinajstić information content (AvgIpc) is 3.62. The number of aromatic nitrogens is 1. The van der Waals surface area contributed by atoms with Crippen LogP contribution < -0.4 is 5.32 Å². The Morgan fingerprint density at radius 2 is 1.76 bits per heavy atom. The summed E-state index contributed by atoms with van der Waals surface area (Å²) in [6, 6.07) is 20.7. The van der Waals surface area contributed by atoms with E-state index in [4.69, 9.17) is 14.1 Å². The zero-order chi connectivity index (χ0) is 31.8. The van der Waals surface area contributed by atoms with Gasteiger partial charge in [0.15, 0.2) is 0 Å². The molecule has 3 aromatic rings. The van der Waals surface area contributed by atoms with Crippen molar-refractivity contribution in [1.29, 1.82) is 0 Å². The van der Waals surface area contributed by atoms with Gasteiger partial charge in [0.05, 0.1) is 29.8 Å². The number of hydrogen-bond acceptors (Lipinski definition) is 6. The topological polar surface area (TPSA) is 72.9 Å². The molecule has 0 radical (unpaired) electrons. The molecular formula is C38H48BN3O4. The lowest BCUT2D eigenvalue weighted by Gasteiger charge is -2.64. The van der Waals surface area contributed by atoms with E-state index in [0.29, 0.717) is 30.0 Å². The lowest BCUT2D eigenvalue weighted by molar-refractivity contribution is -0.201. The number of nitrogens with one attached hydrogen (secondary N) is 1. The van der Waals surface area contributed by atoms with Gasteiger partial charge >= 0.3 is 7.12 Å². The third-order valence-electron chi connectivity index (χ3n) is 12.6. The second-order valence-corrected chi connectivity index (χ2v) is 16.0. The molecule has 2 aliphatic heterocycles. The lowest BCUT2D eigenvalue weighted by Crippen LogP contribution is -2.65. The standard InChI is InChI=1S/C38H48BN3O4/c1-24(2)19-33(39-44-31-21-27-20-30(36(27,3)4)37(31,5)46-39)42-28(22-32(45-42)38(16-17-38)26-12-7-6-8-13-26)23-41-35(43)34-29-14-10-9-11-25(29)15-18-40-34/h6-15,18,24,27-28,30-33H,16-17,19-23H2,1-5H3,(H,41,43)/t27-,28?,30-,31+,32?,33-,37-/m0/s1. The second kappa shape index (κ2) is 11.1. The van der Waals surface area contributed by atoms with Crippen molar-refractivity contribution in [1.82, 2.24) is 15.4 Å². The minimum absolute atomic E-state index is 0.000449. The van der Waals surface area contributed by atoms with Crippen molar-refractivity contribution in [2.45, 2.75) is 108 Å². The smallest absolute Gasteiger partial charge is 0.404 e. The van der Waals surface area contributed by atoms with Crippen molar-refractivity contribution in [2.24, 2.45) is 23.2 Å². The maximum absolute atomic E-state index is 13.7. The van der Waals surface area contributed by atoms with Gasteiger partial charge in [-0.15, -0.1) is 0 Å². The van der Waals surface area contributed by atoms with Crippen LogP contribution in [-0.2, 0) is 19.6 Å². The van der Waals surface area contributed by atoms with Crippen LogP contribution in [0.4, 0.5) is 0 Å². The Bertz CT molecular complexity index is 1610. The fourth-order valence-electron chi connectivity index (χ4n) is 9.65. The molecule has 0 spiro atoms. The fraction of sp³-hybridized carbons (Fsp3) is 0.579. The molecule has 7 nitrogen and oxygen atoms in total. The summed E-state index contributed by atoms with van der Waals surface area (Å²) in [7, 11) is -0.379. The molecule has 2 unspecified atom stereocenters. The minimum Gasteiger partial charge on any atom is -0.404 e. The van der Waals surface area contributed by atoms with Gasteiger partial charge in [0.25, 0.3) is 5.91 Å². The number of benzene rings is 2. The van der Waals surface area contributed by atoms with E-state index in [-0.39, 0.29) is 53.6 Å². The monoisotopic (exact) mass is 621 g/mol. The normalized spacial score (nSPS) is 33.1. The van der Waals surface area contributed by atoms with Crippen LogP contribution in [0.15, 0.2) is 66.9 Å². The number of amides is 1. The number of carbonyl (C=O) groups excluding carboxylic acids is 1. The molecule has 7 atom stereocenters. The van der Waals surface area contributed by atoms with Gasteiger partial charge in [0, 0.05) is 23.5 Å². The highest BCUT2D eigenvalue weighted by Gasteiger charge is 2.69. The number of pyridine rings is 1. The molecule has 2 bridgehead atoms. The van der Waals surface area contributed by atoms with E-state index in [1.165, 1.54) is 12.0 Å². The summed E-state index contributed by atoms with van der Waals surface area (Å²) in [6.45, 7) is 12.1. The maximum Gasteiger partial charge on any atom is 0.478 e. The third kappa shape index (κ3) is 4.85. The molecule has 3 heterocycles. The molecule has 2 aromatic carbocycles. The summed E-state index contributed by atoms with van der Waals surface area (Å²) < 4.78 is 14.0. The van der Waals surface area contributed by atoms with Crippen LogP contribution in [0.1, 0.15) is 89.2 Å². The first-order valence-electron chi connectivity index (χ1n) is 17.6. The summed E-state index contributed by atoms with van der Waals surface area (Å²) in [6.07, 6.45) is 8.06. The quantitative estimate of drug-likeness (QED) is 0.267. The van der Waals surface area contributed by atoms with E-state index < -0.39 is 0 Å². The van der Waals surface area contributed by atoms with Gasteiger partial charge < -0.3 is 14.6 Å². The fourth-order valence-corrected chi connectivity index (χ4v) is 9.65. The Kier molecular flexibility index (Phi) is 7.41. The lowest BCUT2D eigenvalue weighted by atomic mass is 9.43. The SMILES string of the molecule is CC(C)C[C@@H](B1O[C@@H]2C[C@@H]3C[C@@H](C3(C)C)[C@]2(C)O1)N1OC(C2(c3ccccc3)CC2)CC1CNC(=O)c1nccc2ccccc12. The molecule has 1 N–H and O–H groups in total. The predicted octanol–water partition coefficient (Wildman–Crippen LogP) is 6.75. The van der Waals surface area contributed by atoms with E-state index in [1.807, 2.05) is 30.3 Å². The Labute approximate surface area is 273 Å². The van der Waals surface area contributed by atoms with Gasteiger partial charge in [-0.25, -0.2) is 0 Å². The third-order valence-corrected chi connectivity index (χ3v) is 12.6. The first-order valence-corrected chi connectivity index (χ1v) is 17.6. The molecule has 46 heavy (non-hydrogen) atoms. The van der Waals surface area contributed by atoms with Crippen LogP contribution in [0.2, 0.25) is 0 Å². The van der Waals surface area contributed by atoms with Gasteiger partial charge in [-0.1, -0.05) is 82.3 Å². The Hall–Kier alpha value is -2.78. The Balaban J connectivity index is 1.08. The molecule has 1 aromatic heterocycles. The second-order valence-electron chi connectivity index (χ2n) is 16.0. The molecule has 9 rings (SSSR count). The van der Waals surface area contributed by atoms with Gasteiger partial charge in [-0.2, -0.15) is 5.06 Å².